The molecule has 4 spiro atoms. The van der Waals surface area contributed by atoms with Gasteiger partial charge in [0.15, 0.2) is 0 Å². The lowest BCUT2D eigenvalue weighted by molar-refractivity contribution is 0.157. The summed E-state index contributed by atoms with van der Waals surface area (Å²) in [4.78, 5) is 0. The number of rotatable bonds is 0. The van der Waals surface area contributed by atoms with Gasteiger partial charge in [-0.25, -0.2) is 0 Å². The molecule has 0 amide bonds. The fraction of sp³-hybridized carbons (Fsp3) is 1.00. The molecule has 0 aromatic heterocycles. The van der Waals surface area contributed by atoms with Gasteiger partial charge >= 0.3 is 0 Å². The van der Waals surface area contributed by atoms with Crippen molar-refractivity contribution in [2.45, 2.75) is 87.6 Å². The maximum atomic E-state index is 7.09. The first kappa shape index (κ1) is 12.3. The van der Waals surface area contributed by atoms with Gasteiger partial charge in [-0.3, -0.25) is 0 Å². The van der Waals surface area contributed by atoms with Crippen LogP contribution >= 0.6 is 0 Å². The minimum absolute atomic E-state index is 0.288. The van der Waals surface area contributed by atoms with Crippen molar-refractivity contribution in [2.75, 3.05) is 0 Å². The molecule has 0 aromatic carbocycles. The third-order valence-corrected chi connectivity index (χ3v) is 12.3. The average molecular weight is 324 g/mol. The molecule has 2 saturated heterocycles. The van der Waals surface area contributed by atoms with Gasteiger partial charge in [-0.05, 0) is 97.7 Å². The molecule has 4 unspecified atom stereocenters. The van der Waals surface area contributed by atoms with Crippen LogP contribution in [0.4, 0.5) is 0 Å². The van der Waals surface area contributed by atoms with Crippen LogP contribution in [0, 0.1) is 46.3 Å². The lowest BCUT2D eigenvalue weighted by Crippen LogP contribution is -2.40. The first-order valence-electron chi connectivity index (χ1n) is 10.8. The van der Waals surface area contributed by atoms with Crippen molar-refractivity contribution in [2.24, 2.45) is 46.3 Å². The monoisotopic (exact) mass is 324 g/mol. The van der Waals surface area contributed by atoms with Crippen molar-refractivity contribution in [1.29, 1.82) is 0 Å². The van der Waals surface area contributed by atoms with E-state index in [2.05, 4.69) is 13.8 Å². The Kier molecular flexibility index (Phi) is 1.39. The average Bonchev–Trinajstić information content (AvgIpc) is 2.93. The molecule has 24 heavy (non-hydrogen) atoms. The predicted molar refractivity (Wildman–Crippen MR) is 87.2 cm³/mol. The molecular formula is C22H28O2. The topological polar surface area (TPSA) is 25.1 Å². The van der Waals surface area contributed by atoms with Crippen LogP contribution in [0.2, 0.25) is 0 Å². The minimum atomic E-state index is 0.288. The Hall–Kier alpha value is -0.0800. The van der Waals surface area contributed by atoms with Crippen LogP contribution in [0.3, 0.4) is 0 Å². The van der Waals surface area contributed by atoms with E-state index in [0.29, 0.717) is 22.0 Å². The molecule has 8 fully saturated rings. The van der Waals surface area contributed by atoms with Crippen molar-refractivity contribution < 1.29 is 9.47 Å². The van der Waals surface area contributed by atoms with Crippen molar-refractivity contribution in [3.8, 4) is 0 Å². The summed E-state index contributed by atoms with van der Waals surface area (Å²) < 4.78 is 14.2. The minimum Gasteiger partial charge on any atom is -0.362 e. The fourth-order valence-electron chi connectivity index (χ4n) is 12.2. The first-order chi connectivity index (χ1) is 11.4. The molecule has 128 valence electrons. The molecule has 0 aromatic rings. The van der Waals surface area contributed by atoms with Crippen LogP contribution in [0.1, 0.15) is 65.2 Å². The van der Waals surface area contributed by atoms with E-state index in [9.17, 15) is 0 Å². The highest BCUT2D eigenvalue weighted by molar-refractivity contribution is 5.46. The maximum Gasteiger partial charge on any atom is 0.104 e. The Balaban J connectivity index is 1.42. The van der Waals surface area contributed by atoms with Crippen molar-refractivity contribution in [1.82, 2.24) is 0 Å². The van der Waals surface area contributed by atoms with Gasteiger partial charge in [-0.1, -0.05) is 13.8 Å². The summed E-state index contributed by atoms with van der Waals surface area (Å²) in [5.74, 6) is 5.60. The van der Waals surface area contributed by atoms with Crippen molar-refractivity contribution in [3.05, 3.63) is 0 Å². The smallest absolute Gasteiger partial charge is 0.104 e. The molecule has 2 heteroatoms. The number of fused-ring (bicyclic) bond motifs is 7. The highest BCUT2D eigenvalue weighted by atomic mass is 16.6. The molecule has 2 nitrogen and oxygen atoms in total. The van der Waals surface area contributed by atoms with E-state index in [0.717, 1.165) is 35.5 Å². The molecule has 2 heterocycles. The molecule has 8 rings (SSSR count). The Morgan fingerprint density at radius 1 is 0.583 bits per heavy atom. The summed E-state index contributed by atoms with van der Waals surface area (Å²) in [5, 5.41) is 0. The molecule has 0 radical (unpaired) electrons. The summed E-state index contributed by atoms with van der Waals surface area (Å²) in [6.45, 7) is 5.24. The van der Waals surface area contributed by atoms with Crippen molar-refractivity contribution >= 4 is 0 Å². The van der Waals surface area contributed by atoms with Gasteiger partial charge in [0.25, 0.3) is 0 Å². The Labute approximate surface area is 144 Å². The van der Waals surface area contributed by atoms with Gasteiger partial charge in [0.05, 0.1) is 11.2 Å². The predicted octanol–water partition coefficient (Wildman–Crippen LogP) is 3.93. The molecule has 4 atom stereocenters. The Morgan fingerprint density at radius 2 is 0.917 bits per heavy atom. The zero-order chi connectivity index (χ0) is 15.5. The van der Waals surface area contributed by atoms with Gasteiger partial charge in [-0.15, -0.1) is 0 Å². The first-order valence-corrected chi connectivity index (χ1v) is 10.8. The van der Waals surface area contributed by atoms with Crippen LogP contribution in [0.15, 0.2) is 0 Å². The Morgan fingerprint density at radius 3 is 1.25 bits per heavy atom. The zero-order valence-corrected chi connectivity index (χ0v) is 14.9. The maximum absolute atomic E-state index is 7.09. The lowest BCUT2D eigenvalue weighted by Gasteiger charge is -2.33. The van der Waals surface area contributed by atoms with Gasteiger partial charge in [0.2, 0.25) is 0 Å². The second-order valence-corrected chi connectivity index (χ2v) is 12.3. The second kappa shape index (κ2) is 2.70. The zero-order valence-electron chi connectivity index (χ0n) is 14.9. The summed E-state index contributed by atoms with van der Waals surface area (Å²) in [6.07, 6.45) is 11.3. The lowest BCUT2D eigenvalue weighted by atomic mass is 9.69. The number of epoxide rings is 2. The molecule has 0 N–H and O–H groups in total. The standard InChI is InChI=1S/C22H28O2/c1-17-7-19-9-18(17,2)10-20(8-17)22(24-20)12-4-3-11-15(12)16-13(5-6-14(16)22)21(11,19)23-19/h11-16H,3-10H2,1-2H3. The van der Waals surface area contributed by atoms with Crippen LogP contribution < -0.4 is 0 Å². The SMILES string of the molecule is CC12CC34CC1(C)CC1(C2)OC12C1CCC5C1C1C(CCC12)C53O4. The summed E-state index contributed by atoms with van der Waals surface area (Å²) in [5.41, 5.74) is 2.18. The molecular weight excluding hydrogens is 296 g/mol. The van der Waals surface area contributed by atoms with E-state index in [-0.39, 0.29) is 11.2 Å². The number of ether oxygens (including phenoxy) is 2. The Bertz CT molecular complexity index is 666. The van der Waals surface area contributed by atoms with E-state index in [4.69, 9.17) is 9.47 Å². The van der Waals surface area contributed by atoms with Crippen molar-refractivity contribution in [3.63, 3.8) is 0 Å². The van der Waals surface area contributed by atoms with E-state index >= 15 is 0 Å². The van der Waals surface area contributed by atoms with E-state index in [1.165, 1.54) is 51.4 Å². The largest absolute Gasteiger partial charge is 0.362 e. The fourth-order valence-corrected chi connectivity index (χ4v) is 12.2. The molecule has 2 aliphatic heterocycles. The third kappa shape index (κ3) is 0.752. The highest BCUT2D eigenvalue weighted by Crippen LogP contribution is 2.93. The summed E-state index contributed by atoms with van der Waals surface area (Å²) in [6, 6.07) is 0. The van der Waals surface area contributed by atoms with Gasteiger partial charge in [0.1, 0.15) is 11.2 Å². The van der Waals surface area contributed by atoms with Gasteiger partial charge < -0.3 is 9.47 Å². The van der Waals surface area contributed by atoms with E-state index < -0.39 is 0 Å². The van der Waals surface area contributed by atoms with E-state index in [1.807, 2.05) is 0 Å². The molecule has 8 aliphatic rings. The third-order valence-electron chi connectivity index (χ3n) is 12.3. The normalized spacial score (nSPS) is 85.2. The van der Waals surface area contributed by atoms with Crippen LogP contribution in [-0.4, -0.2) is 22.4 Å². The number of hydrogen-bond acceptors (Lipinski definition) is 2. The summed E-state index contributed by atoms with van der Waals surface area (Å²) in [7, 11) is 0. The highest BCUT2D eigenvalue weighted by Gasteiger charge is 2.98. The van der Waals surface area contributed by atoms with Crippen LogP contribution in [0.5, 0.6) is 0 Å². The van der Waals surface area contributed by atoms with Crippen LogP contribution in [0.25, 0.3) is 0 Å². The van der Waals surface area contributed by atoms with Crippen LogP contribution in [-0.2, 0) is 9.47 Å². The molecule has 6 aliphatic carbocycles. The molecule has 6 saturated carbocycles. The van der Waals surface area contributed by atoms with Gasteiger partial charge in [0, 0.05) is 0 Å². The quantitative estimate of drug-likeness (QED) is 0.631. The second-order valence-electron chi connectivity index (χ2n) is 12.3. The summed E-state index contributed by atoms with van der Waals surface area (Å²) >= 11 is 0. The number of hydrogen-bond donors (Lipinski definition) is 0. The molecule has 0 bridgehead atoms. The van der Waals surface area contributed by atoms with Gasteiger partial charge in [-0.2, -0.15) is 0 Å². The van der Waals surface area contributed by atoms with E-state index in [1.54, 1.807) is 0 Å².